The van der Waals surface area contributed by atoms with Gasteiger partial charge in [0.15, 0.2) is 23.0 Å². The molecule has 0 spiro atoms. The van der Waals surface area contributed by atoms with Crippen LogP contribution in [-0.4, -0.2) is 77.8 Å². The zero-order valence-corrected chi connectivity index (χ0v) is 24.5. The summed E-state index contributed by atoms with van der Waals surface area (Å²) in [5.74, 6) is 2.49. The molecule has 0 unspecified atom stereocenters. The second kappa shape index (κ2) is 13.9. The summed E-state index contributed by atoms with van der Waals surface area (Å²) in [6.07, 6.45) is 3.57. The van der Waals surface area contributed by atoms with Gasteiger partial charge < -0.3 is 33.7 Å². The third-order valence-corrected chi connectivity index (χ3v) is 8.04. The molecule has 8 nitrogen and oxygen atoms in total. The lowest BCUT2D eigenvalue weighted by molar-refractivity contribution is -0.144. The number of aryl methyl sites for hydroxylation is 1. The van der Waals surface area contributed by atoms with Crippen LogP contribution in [0.4, 0.5) is 0 Å². The maximum absolute atomic E-state index is 11.3. The minimum absolute atomic E-state index is 0.189. The zero-order valence-electron chi connectivity index (χ0n) is 24.5. The highest BCUT2D eigenvalue weighted by Crippen LogP contribution is 2.53. The van der Waals surface area contributed by atoms with Crippen molar-refractivity contribution >= 4 is 5.97 Å². The van der Waals surface area contributed by atoms with Gasteiger partial charge in [0.1, 0.15) is 6.61 Å². The van der Waals surface area contributed by atoms with Crippen molar-refractivity contribution in [2.24, 2.45) is 11.3 Å². The summed E-state index contributed by atoms with van der Waals surface area (Å²) in [5, 5.41) is 9.27. The van der Waals surface area contributed by atoms with Gasteiger partial charge in [-0.2, -0.15) is 0 Å². The molecule has 2 aromatic carbocycles. The minimum atomic E-state index is -0.944. The van der Waals surface area contributed by atoms with Crippen LogP contribution in [0.25, 0.3) is 0 Å². The maximum Gasteiger partial charge on any atom is 0.329 e. The van der Waals surface area contributed by atoms with Crippen LogP contribution in [0, 0.1) is 11.3 Å². The molecule has 1 N–H and O–H groups in total. The van der Waals surface area contributed by atoms with E-state index in [-0.39, 0.29) is 17.9 Å². The number of ether oxygens (including phenoxy) is 5. The van der Waals surface area contributed by atoms with Crippen LogP contribution in [0.15, 0.2) is 30.3 Å². The summed E-state index contributed by atoms with van der Waals surface area (Å²) in [6.45, 7) is 6.34. The van der Waals surface area contributed by atoms with Gasteiger partial charge in [0.05, 0.1) is 35.0 Å². The number of aliphatic carboxylic acids is 1. The molecule has 0 aliphatic heterocycles. The van der Waals surface area contributed by atoms with Crippen molar-refractivity contribution < 1.29 is 33.6 Å². The molecular formula is C31H45NO7. The van der Waals surface area contributed by atoms with Gasteiger partial charge in [-0.25, -0.2) is 4.79 Å². The molecule has 0 amide bonds. The van der Waals surface area contributed by atoms with E-state index in [1.54, 1.807) is 28.4 Å². The number of carbonyl (C=O) groups is 1. The summed E-state index contributed by atoms with van der Waals surface area (Å²) in [6, 6.07) is 10.3. The van der Waals surface area contributed by atoms with Gasteiger partial charge in [0, 0.05) is 12.0 Å². The number of fused-ring (bicyclic) bond motifs is 1. The Labute approximate surface area is 233 Å². The molecule has 0 fully saturated rings. The molecule has 39 heavy (non-hydrogen) atoms. The van der Waals surface area contributed by atoms with E-state index in [1.807, 2.05) is 12.1 Å². The third-order valence-electron chi connectivity index (χ3n) is 8.04. The van der Waals surface area contributed by atoms with E-state index in [4.69, 9.17) is 23.7 Å². The highest BCUT2D eigenvalue weighted by molar-refractivity contribution is 5.68. The Hall–Kier alpha value is -2.97. The van der Waals surface area contributed by atoms with Crippen molar-refractivity contribution in [2.75, 3.05) is 61.8 Å². The molecule has 2 aromatic rings. The Balaban J connectivity index is 1.81. The summed E-state index contributed by atoms with van der Waals surface area (Å²) < 4.78 is 27.9. The summed E-state index contributed by atoms with van der Waals surface area (Å²) in [5.41, 5.74) is 3.50. The first-order valence-corrected chi connectivity index (χ1v) is 13.6. The Morgan fingerprint density at radius 2 is 1.62 bits per heavy atom. The van der Waals surface area contributed by atoms with Crippen LogP contribution in [0.2, 0.25) is 0 Å². The fourth-order valence-corrected chi connectivity index (χ4v) is 6.12. The molecule has 3 rings (SSSR count). The summed E-state index contributed by atoms with van der Waals surface area (Å²) in [4.78, 5) is 13.6. The van der Waals surface area contributed by atoms with E-state index < -0.39 is 5.97 Å². The molecule has 0 bridgehead atoms. The highest BCUT2D eigenvalue weighted by atomic mass is 16.5. The lowest BCUT2D eigenvalue weighted by Gasteiger charge is -2.48. The van der Waals surface area contributed by atoms with E-state index in [1.165, 1.54) is 16.7 Å². The van der Waals surface area contributed by atoms with E-state index in [0.717, 1.165) is 61.8 Å². The van der Waals surface area contributed by atoms with E-state index in [2.05, 4.69) is 44.0 Å². The molecule has 2 atom stereocenters. The van der Waals surface area contributed by atoms with Crippen LogP contribution in [-0.2, 0) is 22.4 Å². The zero-order chi connectivity index (χ0) is 28.6. The number of likely N-dealkylation sites (N-methyl/N-ethyl adjacent to an activating group) is 1. The SMILES string of the molecule is COc1ccc(CCN(C)CC[C@@]2(COCC(=O)O)CCc3cc(OC)c(OC)cc3[C@@H]2C(C)C)cc1OC. The van der Waals surface area contributed by atoms with Crippen molar-refractivity contribution in [2.45, 2.75) is 45.4 Å². The normalized spacial score (nSPS) is 18.6. The Bertz CT molecular complexity index is 1100. The van der Waals surface area contributed by atoms with E-state index in [9.17, 15) is 9.90 Å². The predicted octanol–water partition coefficient (Wildman–Crippen LogP) is 5.06. The van der Waals surface area contributed by atoms with Gasteiger partial charge in [-0.15, -0.1) is 0 Å². The highest BCUT2D eigenvalue weighted by Gasteiger charge is 2.45. The second-order valence-electron chi connectivity index (χ2n) is 10.9. The lowest BCUT2D eigenvalue weighted by atomic mass is 9.59. The molecule has 1 aliphatic carbocycles. The number of benzene rings is 2. The van der Waals surface area contributed by atoms with E-state index in [0.29, 0.717) is 12.5 Å². The number of nitrogens with zero attached hydrogens (tertiary/aromatic N) is 1. The lowest BCUT2D eigenvalue weighted by Crippen LogP contribution is -2.43. The number of rotatable bonds is 15. The third kappa shape index (κ3) is 7.37. The standard InChI is InChI=1S/C31H45NO7/c1-21(2)30-24-18-28(38-7)27(37-6)17-23(24)10-12-31(30,20-39-19-29(33)34)13-15-32(3)14-11-22-8-9-25(35-4)26(16-22)36-5/h8-9,16-18,21,30H,10-15,19-20H2,1-7H3,(H,33,34)/t30-,31+/m0/s1. The molecule has 1 aliphatic rings. The molecule has 0 radical (unpaired) electrons. The number of carboxylic acids is 1. The molecule has 0 saturated carbocycles. The van der Waals surface area contributed by atoms with Crippen LogP contribution >= 0.6 is 0 Å². The number of methoxy groups -OCH3 is 4. The van der Waals surface area contributed by atoms with Crippen LogP contribution in [0.5, 0.6) is 23.0 Å². The van der Waals surface area contributed by atoms with Gasteiger partial charge in [-0.05, 0) is 92.1 Å². The van der Waals surface area contributed by atoms with Crippen LogP contribution in [0.1, 0.15) is 49.3 Å². The van der Waals surface area contributed by atoms with Crippen LogP contribution < -0.4 is 18.9 Å². The number of carboxylic acid groups (broad SMARTS) is 1. The number of hydrogen-bond acceptors (Lipinski definition) is 7. The first-order chi connectivity index (χ1) is 18.7. The molecule has 8 heteroatoms. The monoisotopic (exact) mass is 543 g/mol. The van der Waals surface area contributed by atoms with Gasteiger partial charge in [-0.3, -0.25) is 0 Å². The number of hydrogen-bond donors (Lipinski definition) is 1. The molecule has 0 aromatic heterocycles. The van der Waals surface area contributed by atoms with Crippen molar-refractivity contribution in [3.63, 3.8) is 0 Å². The summed E-state index contributed by atoms with van der Waals surface area (Å²) >= 11 is 0. The van der Waals surface area contributed by atoms with E-state index >= 15 is 0 Å². The molecule has 0 saturated heterocycles. The van der Waals surface area contributed by atoms with Gasteiger partial charge in [-0.1, -0.05) is 19.9 Å². The van der Waals surface area contributed by atoms with Gasteiger partial charge >= 0.3 is 5.97 Å². The Morgan fingerprint density at radius 1 is 0.974 bits per heavy atom. The van der Waals surface area contributed by atoms with Crippen molar-refractivity contribution in [1.29, 1.82) is 0 Å². The topological polar surface area (TPSA) is 86.7 Å². The predicted molar refractivity (Wildman–Crippen MR) is 152 cm³/mol. The molecule has 216 valence electrons. The average Bonchev–Trinajstić information content (AvgIpc) is 2.93. The maximum atomic E-state index is 11.3. The quantitative estimate of drug-likeness (QED) is 0.334. The first-order valence-electron chi connectivity index (χ1n) is 13.6. The smallest absolute Gasteiger partial charge is 0.329 e. The molecule has 0 heterocycles. The fourth-order valence-electron chi connectivity index (χ4n) is 6.12. The first kappa shape index (κ1) is 30.6. The average molecular weight is 544 g/mol. The Morgan fingerprint density at radius 3 is 2.23 bits per heavy atom. The summed E-state index contributed by atoms with van der Waals surface area (Å²) in [7, 11) is 8.76. The molecular weight excluding hydrogens is 498 g/mol. The minimum Gasteiger partial charge on any atom is -0.493 e. The van der Waals surface area contributed by atoms with Crippen LogP contribution in [0.3, 0.4) is 0 Å². The second-order valence-corrected chi connectivity index (χ2v) is 10.9. The fraction of sp³-hybridized carbons (Fsp3) is 0.581. The largest absolute Gasteiger partial charge is 0.493 e. The van der Waals surface area contributed by atoms with Gasteiger partial charge in [0.2, 0.25) is 0 Å². The Kier molecular flexibility index (Phi) is 10.9. The van der Waals surface area contributed by atoms with Crippen molar-refractivity contribution in [3.05, 3.63) is 47.0 Å². The van der Waals surface area contributed by atoms with Crippen molar-refractivity contribution in [3.8, 4) is 23.0 Å². The van der Waals surface area contributed by atoms with Gasteiger partial charge in [0.25, 0.3) is 0 Å². The van der Waals surface area contributed by atoms with Crippen molar-refractivity contribution in [1.82, 2.24) is 4.90 Å².